The number of likely N-dealkylation sites (N-methyl/N-ethyl adjacent to an activating group) is 1. The minimum atomic E-state index is -3.33. The molecule has 1 heterocycles. The molecule has 0 spiro atoms. The van der Waals surface area contributed by atoms with E-state index in [1.807, 2.05) is 23.1 Å². The van der Waals surface area contributed by atoms with Crippen LogP contribution in [0.15, 0.2) is 30.3 Å². The first-order chi connectivity index (χ1) is 10.4. The second-order valence-corrected chi connectivity index (χ2v) is 8.03. The molecular formula is C16H24N2O3S. The van der Waals surface area contributed by atoms with Crippen molar-refractivity contribution in [3.05, 3.63) is 35.9 Å². The van der Waals surface area contributed by atoms with Gasteiger partial charge in [0.1, 0.15) is 0 Å². The van der Waals surface area contributed by atoms with Crippen molar-refractivity contribution in [2.75, 3.05) is 26.4 Å². The van der Waals surface area contributed by atoms with Crippen LogP contribution in [0.3, 0.4) is 0 Å². The van der Waals surface area contributed by atoms with Crippen molar-refractivity contribution < 1.29 is 13.2 Å². The van der Waals surface area contributed by atoms with Crippen molar-refractivity contribution >= 4 is 15.9 Å². The number of nitrogens with zero attached hydrogens (tertiary/aromatic N) is 2. The van der Waals surface area contributed by atoms with Gasteiger partial charge >= 0.3 is 0 Å². The molecule has 0 aromatic heterocycles. The molecule has 6 heteroatoms. The van der Waals surface area contributed by atoms with Crippen molar-refractivity contribution in [1.82, 2.24) is 9.21 Å². The molecule has 1 aromatic carbocycles. The van der Waals surface area contributed by atoms with E-state index in [0.29, 0.717) is 6.54 Å². The molecule has 0 aliphatic carbocycles. The Morgan fingerprint density at radius 3 is 2.59 bits per heavy atom. The summed E-state index contributed by atoms with van der Waals surface area (Å²) < 4.78 is 24.1. The van der Waals surface area contributed by atoms with Crippen LogP contribution in [0.5, 0.6) is 0 Å². The summed E-state index contributed by atoms with van der Waals surface area (Å²) in [5.41, 5.74) is 1.21. The summed E-state index contributed by atoms with van der Waals surface area (Å²) in [5, 5.41) is 0. The molecule has 22 heavy (non-hydrogen) atoms. The highest BCUT2D eigenvalue weighted by molar-refractivity contribution is 7.88. The first-order valence-electron chi connectivity index (χ1n) is 7.62. The third kappa shape index (κ3) is 4.55. The van der Waals surface area contributed by atoms with Gasteiger partial charge in [-0.25, -0.2) is 8.42 Å². The Labute approximate surface area is 133 Å². The minimum Gasteiger partial charge on any atom is -0.338 e. The summed E-state index contributed by atoms with van der Waals surface area (Å²) in [6.07, 6.45) is 5.03. The van der Waals surface area contributed by atoms with Gasteiger partial charge in [-0.1, -0.05) is 30.3 Å². The maximum atomic E-state index is 12.5. The first-order valence-corrected chi connectivity index (χ1v) is 9.47. The predicted molar refractivity (Wildman–Crippen MR) is 87.0 cm³/mol. The molecule has 1 atom stereocenters. The molecule has 1 aliphatic heterocycles. The number of carbonyl (C=O) groups is 1. The molecule has 0 saturated carbocycles. The van der Waals surface area contributed by atoms with Crippen molar-refractivity contribution in [2.24, 2.45) is 0 Å². The van der Waals surface area contributed by atoms with Gasteiger partial charge in [0.2, 0.25) is 15.9 Å². The summed E-state index contributed by atoms with van der Waals surface area (Å²) in [6, 6.07) is 10.3. The van der Waals surface area contributed by atoms with Crippen molar-refractivity contribution in [3.8, 4) is 0 Å². The zero-order valence-corrected chi connectivity index (χ0v) is 14.1. The number of piperidine rings is 1. The lowest BCUT2D eigenvalue weighted by molar-refractivity contribution is -0.134. The number of rotatable bonds is 5. The second-order valence-electron chi connectivity index (χ2n) is 5.95. The predicted octanol–water partition coefficient (Wildman–Crippen LogP) is 1.50. The summed E-state index contributed by atoms with van der Waals surface area (Å²) in [5.74, 6) is -0.103. The summed E-state index contributed by atoms with van der Waals surface area (Å²) in [7, 11) is -1.88. The molecule has 1 unspecified atom stereocenters. The van der Waals surface area contributed by atoms with Gasteiger partial charge in [-0.15, -0.1) is 0 Å². The number of likely N-dealkylation sites (tertiary alicyclic amines) is 1. The minimum absolute atomic E-state index is 0.0792. The van der Waals surface area contributed by atoms with Gasteiger partial charge in [-0.2, -0.15) is 4.31 Å². The van der Waals surface area contributed by atoms with E-state index in [-0.39, 0.29) is 18.5 Å². The highest BCUT2D eigenvalue weighted by Gasteiger charge is 2.28. The summed E-state index contributed by atoms with van der Waals surface area (Å²) >= 11 is 0. The number of hydrogen-bond donors (Lipinski definition) is 0. The zero-order chi connectivity index (χ0) is 16.2. The number of benzene rings is 1. The molecular weight excluding hydrogens is 300 g/mol. The Balaban J connectivity index is 2.04. The number of sulfonamides is 1. The lowest BCUT2D eigenvalue weighted by atomic mass is 9.95. The Morgan fingerprint density at radius 2 is 1.95 bits per heavy atom. The SMILES string of the molecule is CN(CC(=O)N1CCCCC1Cc1ccccc1)S(C)(=O)=O. The fraction of sp³-hybridized carbons (Fsp3) is 0.562. The van der Waals surface area contributed by atoms with Crippen LogP contribution >= 0.6 is 0 Å². The lowest BCUT2D eigenvalue weighted by Gasteiger charge is -2.36. The topological polar surface area (TPSA) is 57.7 Å². The van der Waals surface area contributed by atoms with Crippen LogP contribution in [-0.4, -0.2) is 56.0 Å². The molecule has 1 aliphatic rings. The Kier molecular flexibility index (Phi) is 5.58. The van der Waals surface area contributed by atoms with E-state index >= 15 is 0 Å². The van der Waals surface area contributed by atoms with Crippen LogP contribution in [0, 0.1) is 0 Å². The zero-order valence-electron chi connectivity index (χ0n) is 13.2. The van der Waals surface area contributed by atoms with Crippen LogP contribution in [0.25, 0.3) is 0 Å². The van der Waals surface area contributed by atoms with Gasteiger partial charge in [-0.05, 0) is 31.2 Å². The number of carbonyl (C=O) groups excluding carboxylic acids is 1. The maximum absolute atomic E-state index is 12.5. The van der Waals surface area contributed by atoms with Crippen LogP contribution in [0.4, 0.5) is 0 Å². The van der Waals surface area contributed by atoms with Crippen molar-refractivity contribution in [2.45, 2.75) is 31.7 Å². The first kappa shape index (κ1) is 17.0. The van der Waals surface area contributed by atoms with E-state index < -0.39 is 10.0 Å². The Bertz CT molecular complexity index is 601. The summed E-state index contributed by atoms with van der Waals surface area (Å²) in [6.45, 7) is 0.637. The maximum Gasteiger partial charge on any atom is 0.238 e. The number of hydrogen-bond acceptors (Lipinski definition) is 3. The Hall–Kier alpha value is -1.40. The second kappa shape index (κ2) is 7.24. The average Bonchev–Trinajstić information content (AvgIpc) is 2.47. The number of amides is 1. The van der Waals surface area contributed by atoms with Crippen LogP contribution in [0.2, 0.25) is 0 Å². The van der Waals surface area contributed by atoms with Gasteiger partial charge in [0.05, 0.1) is 12.8 Å². The molecule has 5 nitrogen and oxygen atoms in total. The van der Waals surface area contributed by atoms with E-state index in [9.17, 15) is 13.2 Å². The Morgan fingerprint density at radius 1 is 1.27 bits per heavy atom. The van der Waals surface area contributed by atoms with Crippen LogP contribution in [-0.2, 0) is 21.2 Å². The highest BCUT2D eigenvalue weighted by atomic mass is 32.2. The quantitative estimate of drug-likeness (QED) is 0.825. The van der Waals surface area contributed by atoms with Gasteiger partial charge < -0.3 is 4.90 Å². The molecule has 2 rings (SSSR count). The normalized spacial score (nSPS) is 19.4. The van der Waals surface area contributed by atoms with Crippen LogP contribution < -0.4 is 0 Å². The largest absolute Gasteiger partial charge is 0.338 e. The lowest BCUT2D eigenvalue weighted by Crippen LogP contribution is -2.49. The van der Waals surface area contributed by atoms with E-state index in [1.54, 1.807) is 0 Å². The van der Waals surface area contributed by atoms with Gasteiger partial charge in [0.25, 0.3) is 0 Å². The molecule has 0 bridgehead atoms. The smallest absolute Gasteiger partial charge is 0.238 e. The van der Waals surface area contributed by atoms with Crippen molar-refractivity contribution in [3.63, 3.8) is 0 Å². The average molecular weight is 324 g/mol. The molecule has 1 amide bonds. The van der Waals surface area contributed by atoms with Gasteiger partial charge in [0.15, 0.2) is 0 Å². The third-order valence-corrected chi connectivity index (χ3v) is 5.45. The molecule has 1 aromatic rings. The molecule has 122 valence electrons. The highest BCUT2D eigenvalue weighted by Crippen LogP contribution is 2.21. The van der Waals surface area contributed by atoms with E-state index in [0.717, 1.165) is 36.2 Å². The van der Waals surface area contributed by atoms with Crippen LogP contribution in [0.1, 0.15) is 24.8 Å². The van der Waals surface area contributed by atoms with Gasteiger partial charge in [-0.3, -0.25) is 4.79 Å². The molecule has 0 N–H and O–H groups in total. The third-order valence-electron chi connectivity index (χ3n) is 4.19. The molecule has 1 saturated heterocycles. The van der Waals surface area contributed by atoms with E-state index in [1.165, 1.54) is 12.6 Å². The van der Waals surface area contributed by atoms with Crippen molar-refractivity contribution in [1.29, 1.82) is 0 Å². The standard InChI is InChI=1S/C16H24N2O3S/c1-17(22(2,20)21)13-16(19)18-11-7-6-10-15(18)12-14-8-4-3-5-9-14/h3-5,8-9,15H,6-7,10-13H2,1-2H3. The summed E-state index contributed by atoms with van der Waals surface area (Å²) in [4.78, 5) is 14.3. The monoisotopic (exact) mass is 324 g/mol. The van der Waals surface area contributed by atoms with E-state index in [4.69, 9.17) is 0 Å². The molecule has 1 fully saturated rings. The fourth-order valence-electron chi connectivity index (χ4n) is 2.83. The van der Waals surface area contributed by atoms with E-state index in [2.05, 4.69) is 12.1 Å². The fourth-order valence-corrected chi connectivity index (χ4v) is 3.17. The van der Waals surface area contributed by atoms with Gasteiger partial charge in [0, 0.05) is 19.6 Å². The molecule has 0 radical (unpaired) electrons.